The summed E-state index contributed by atoms with van der Waals surface area (Å²) in [6.07, 6.45) is 1.09. The first-order valence-corrected chi connectivity index (χ1v) is 18.1. The number of nitrogens with zero attached hydrogens (tertiary/aromatic N) is 2. The smallest absolute Gasteiger partial charge is 0.352 e. The molecule has 1 saturated carbocycles. The zero-order chi connectivity index (χ0) is 34.2. The van der Waals surface area contributed by atoms with Crippen molar-refractivity contribution in [1.29, 1.82) is 0 Å². The van der Waals surface area contributed by atoms with Crippen molar-refractivity contribution in [2.75, 3.05) is 17.1 Å². The number of nitrogens with one attached hydrogen (secondary N) is 1. The first-order valence-electron chi connectivity index (χ1n) is 15.4. The normalized spacial score (nSPS) is 14.8. The molecule has 0 bridgehead atoms. The fourth-order valence-electron chi connectivity index (χ4n) is 5.77. The van der Waals surface area contributed by atoms with Crippen LogP contribution >= 0.6 is 23.2 Å². The van der Waals surface area contributed by atoms with Crippen LogP contribution in [0, 0.1) is 0 Å². The standard InChI is InChI=1S/C34H38Cl2F3N3O4S/c1-47(45,46)42(28-15-8-12-26(22-28)34(37,38)39)19-9-16-32(43)41(23-25-17-18-29(35)30(36)20-25)31(21-24-10-4-2-5-11-24)33(44)40-27-13-6-3-7-14-27/h2,4-5,8,10-12,15,17-18,20,22,27,31H,3,6-7,9,13-14,16,19,21,23H2,1H3,(H,40,44). The molecule has 1 atom stereocenters. The minimum Gasteiger partial charge on any atom is -0.352 e. The lowest BCUT2D eigenvalue weighted by atomic mass is 9.94. The third-order valence-electron chi connectivity index (χ3n) is 8.17. The second-order valence-corrected chi connectivity index (χ2v) is 14.5. The van der Waals surface area contributed by atoms with E-state index in [2.05, 4.69) is 5.32 Å². The number of rotatable bonds is 13. The molecule has 1 unspecified atom stereocenters. The molecular weight excluding hydrogens is 674 g/mol. The van der Waals surface area contributed by atoms with Gasteiger partial charge in [0, 0.05) is 32.0 Å². The predicted octanol–water partition coefficient (Wildman–Crippen LogP) is 7.65. The molecule has 1 aliphatic carbocycles. The zero-order valence-electron chi connectivity index (χ0n) is 26.0. The summed E-state index contributed by atoms with van der Waals surface area (Å²) in [5.41, 5.74) is 0.338. The molecule has 0 aromatic heterocycles. The van der Waals surface area contributed by atoms with Crippen molar-refractivity contribution in [3.05, 3.63) is 99.5 Å². The van der Waals surface area contributed by atoms with Gasteiger partial charge in [-0.1, -0.05) is 84.9 Å². The van der Waals surface area contributed by atoms with Crippen LogP contribution in [0.1, 0.15) is 61.6 Å². The van der Waals surface area contributed by atoms with Crippen LogP contribution in [0.4, 0.5) is 18.9 Å². The third kappa shape index (κ3) is 10.6. The first-order chi connectivity index (χ1) is 22.2. The summed E-state index contributed by atoms with van der Waals surface area (Å²) < 4.78 is 66.3. The molecule has 1 N–H and O–H groups in total. The zero-order valence-corrected chi connectivity index (χ0v) is 28.3. The maximum absolute atomic E-state index is 14.1. The van der Waals surface area contributed by atoms with E-state index in [0.29, 0.717) is 10.6 Å². The highest BCUT2D eigenvalue weighted by Crippen LogP contribution is 2.32. The summed E-state index contributed by atoms with van der Waals surface area (Å²) in [5.74, 6) is -0.718. The van der Waals surface area contributed by atoms with Crippen LogP contribution in [0.15, 0.2) is 72.8 Å². The number of amides is 2. The average Bonchev–Trinajstić information content (AvgIpc) is 3.02. The van der Waals surface area contributed by atoms with Crippen molar-refractivity contribution in [2.24, 2.45) is 0 Å². The summed E-state index contributed by atoms with van der Waals surface area (Å²) in [6, 6.07) is 17.4. The average molecular weight is 713 g/mol. The molecule has 0 spiro atoms. The second-order valence-electron chi connectivity index (χ2n) is 11.8. The number of alkyl halides is 3. The van der Waals surface area contributed by atoms with E-state index >= 15 is 0 Å². The van der Waals surface area contributed by atoms with E-state index in [1.54, 1.807) is 18.2 Å². The van der Waals surface area contributed by atoms with Crippen LogP contribution in [-0.2, 0) is 38.8 Å². The van der Waals surface area contributed by atoms with E-state index in [1.165, 1.54) is 11.0 Å². The highest BCUT2D eigenvalue weighted by Gasteiger charge is 2.33. The van der Waals surface area contributed by atoms with Crippen molar-refractivity contribution in [3.63, 3.8) is 0 Å². The Balaban J connectivity index is 1.61. The summed E-state index contributed by atoms with van der Waals surface area (Å²) in [4.78, 5) is 29.5. The van der Waals surface area contributed by atoms with Gasteiger partial charge in [-0.3, -0.25) is 13.9 Å². The summed E-state index contributed by atoms with van der Waals surface area (Å²) in [7, 11) is -3.99. The van der Waals surface area contributed by atoms with Gasteiger partial charge in [0.05, 0.1) is 27.6 Å². The van der Waals surface area contributed by atoms with Gasteiger partial charge in [-0.25, -0.2) is 8.42 Å². The topological polar surface area (TPSA) is 86.8 Å². The van der Waals surface area contributed by atoms with Crippen LogP contribution in [0.3, 0.4) is 0 Å². The monoisotopic (exact) mass is 711 g/mol. The van der Waals surface area contributed by atoms with Crippen LogP contribution < -0.4 is 9.62 Å². The molecule has 7 nitrogen and oxygen atoms in total. The maximum atomic E-state index is 14.1. The van der Waals surface area contributed by atoms with E-state index in [0.717, 1.165) is 66.4 Å². The molecule has 2 amide bonds. The quantitative estimate of drug-likeness (QED) is 0.197. The molecular formula is C34H38Cl2F3N3O4S. The Labute approximate surface area is 284 Å². The minimum absolute atomic E-state index is 0.00719. The number of hydrogen-bond donors (Lipinski definition) is 1. The van der Waals surface area contributed by atoms with Gasteiger partial charge in [0.15, 0.2) is 0 Å². The fraction of sp³-hybridized carbons (Fsp3) is 0.412. The van der Waals surface area contributed by atoms with Crippen molar-refractivity contribution < 1.29 is 31.2 Å². The number of carbonyl (C=O) groups excluding carboxylic acids is 2. The van der Waals surface area contributed by atoms with Gasteiger partial charge in [-0.15, -0.1) is 0 Å². The Morgan fingerprint density at radius 1 is 0.915 bits per heavy atom. The molecule has 0 radical (unpaired) electrons. The Kier molecular flexibility index (Phi) is 12.6. The molecule has 3 aromatic carbocycles. The van der Waals surface area contributed by atoms with E-state index in [9.17, 15) is 31.2 Å². The second kappa shape index (κ2) is 16.2. The van der Waals surface area contributed by atoms with Crippen molar-refractivity contribution in [1.82, 2.24) is 10.2 Å². The van der Waals surface area contributed by atoms with Gasteiger partial charge >= 0.3 is 6.18 Å². The van der Waals surface area contributed by atoms with Gasteiger partial charge in [0.25, 0.3) is 0 Å². The molecule has 0 saturated heterocycles. The summed E-state index contributed by atoms with van der Waals surface area (Å²) in [5, 5.41) is 3.77. The van der Waals surface area contributed by atoms with Crippen molar-refractivity contribution in [3.8, 4) is 0 Å². The molecule has 13 heteroatoms. The highest BCUT2D eigenvalue weighted by atomic mass is 35.5. The van der Waals surface area contributed by atoms with Crippen LogP contribution in [-0.4, -0.2) is 50.0 Å². The molecule has 1 fully saturated rings. The van der Waals surface area contributed by atoms with Gasteiger partial charge in [-0.05, 0) is 60.7 Å². The van der Waals surface area contributed by atoms with E-state index in [-0.39, 0.29) is 55.0 Å². The van der Waals surface area contributed by atoms with Gasteiger partial charge in [0.2, 0.25) is 21.8 Å². The molecule has 1 aliphatic rings. The van der Waals surface area contributed by atoms with Crippen LogP contribution in [0.2, 0.25) is 10.0 Å². The van der Waals surface area contributed by atoms with E-state index in [1.807, 2.05) is 30.3 Å². The Morgan fingerprint density at radius 3 is 2.26 bits per heavy atom. The fourth-order valence-corrected chi connectivity index (χ4v) is 7.05. The van der Waals surface area contributed by atoms with Crippen molar-refractivity contribution >= 4 is 50.7 Å². The van der Waals surface area contributed by atoms with Crippen LogP contribution in [0.5, 0.6) is 0 Å². The van der Waals surface area contributed by atoms with Crippen LogP contribution in [0.25, 0.3) is 0 Å². The number of sulfonamides is 1. The minimum atomic E-state index is -4.66. The number of hydrogen-bond acceptors (Lipinski definition) is 4. The van der Waals surface area contributed by atoms with Crippen molar-refractivity contribution in [2.45, 2.75) is 76.2 Å². The molecule has 47 heavy (non-hydrogen) atoms. The maximum Gasteiger partial charge on any atom is 0.416 e. The van der Waals surface area contributed by atoms with E-state index in [4.69, 9.17) is 23.2 Å². The Bertz CT molecular complexity index is 1640. The lowest BCUT2D eigenvalue weighted by Crippen LogP contribution is -2.52. The summed E-state index contributed by atoms with van der Waals surface area (Å²) >= 11 is 12.4. The number of anilines is 1. The lowest BCUT2D eigenvalue weighted by molar-refractivity contribution is -0.141. The Hall–Kier alpha value is -3.28. The van der Waals surface area contributed by atoms with Gasteiger partial charge in [-0.2, -0.15) is 13.2 Å². The molecule has 254 valence electrons. The number of benzene rings is 3. The Morgan fingerprint density at radius 2 is 1.62 bits per heavy atom. The number of carbonyl (C=O) groups is 2. The largest absolute Gasteiger partial charge is 0.416 e. The van der Waals surface area contributed by atoms with Gasteiger partial charge in [0.1, 0.15) is 6.04 Å². The number of halogens is 5. The third-order valence-corrected chi connectivity index (χ3v) is 10.1. The molecule has 3 aromatic rings. The predicted molar refractivity (Wildman–Crippen MR) is 179 cm³/mol. The van der Waals surface area contributed by atoms with Gasteiger partial charge < -0.3 is 10.2 Å². The lowest BCUT2D eigenvalue weighted by Gasteiger charge is -2.34. The SMILES string of the molecule is CS(=O)(=O)N(CCCC(=O)N(Cc1ccc(Cl)c(Cl)c1)C(Cc1ccccc1)C(=O)NC1CCCCC1)c1cccc(C(F)(F)F)c1. The van der Waals surface area contributed by atoms with E-state index < -0.39 is 33.7 Å². The molecule has 0 heterocycles. The molecule has 0 aliphatic heterocycles. The highest BCUT2D eigenvalue weighted by molar-refractivity contribution is 7.92. The first kappa shape index (κ1) is 36.6. The summed E-state index contributed by atoms with van der Waals surface area (Å²) in [6.45, 7) is -0.223. The molecule has 4 rings (SSSR count).